The molecule has 0 rings (SSSR count). The van der Waals surface area contributed by atoms with Gasteiger partial charge in [0.05, 0.1) is 0 Å². The molecule has 5 nitrogen and oxygen atoms in total. The second kappa shape index (κ2) is 26.6. The first-order chi connectivity index (χ1) is 12.5. The van der Waals surface area contributed by atoms with Gasteiger partial charge in [0, 0.05) is 0 Å². The Labute approximate surface area is 190 Å². The predicted octanol–water partition coefficient (Wildman–Crippen LogP) is 6.45. The van der Waals surface area contributed by atoms with Crippen LogP contribution in [0.5, 0.6) is 0 Å². The molecule has 0 aromatic rings. The van der Waals surface area contributed by atoms with Gasteiger partial charge in [-0.05, 0) is 12.8 Å². The minimum absolute atomic E-state index is 0. The van der Waals surface area contributed by atoms with Gasteiger partial charge in [0.2, 0.25) is 0 Å². The molecular formula is C20H43NaO5S. The third-order valence-electron chi connectivity index (χ3n) is 4.36. The van der Waals surface area contributed by atoms with Gasteiger partial charge < -0.3 is 0 Å². The van der Waals surface area contributed by atoms with Crippen molar-refractivity contribution < 1.29 is 22.6 Å². The van der Waals surface area contributed by atoms with Crippen LogP contribution in [-0.2, 0) is 14.7 Å². The fourth-order valence-corrected chi connectivity index (χ4v) is 2.84. The second-order valence-corrected chi connectivity index (χ2v) is 7.89. The third-order valence-corrected chi connectivity index (χ3v) is 4.54. The SMILES string of the molecule is C=CCCCCCCCCCCCCCCCCCC.O=S(=O)(O)OO.[NaH]. The van der Waals surface area contributed by atoms with Crippen LogP contribution in [0.2, 0.25) is 0 Å². The summed E-state index contributed by atoms with van der Waals surface area (Å²) in [6, 6.07) is 0. The molecule has 7 heteroatoms. The first kappa shape index (κ1) is 32.2. The average Bonchev–Trinajstić information content (AvgIpc) is 2.61. The van der Waals surface area contributed by atoms with Crippen molar-refractivity contribution in [3.05, 3.63) is 12.7 Å². The summed E-state index contributed by atoms with van der Waals surface area (Å²) in [6.45, 7) is 6.06. The van der Waals surface area contributed by atoms with Crippen molar-refractivity contribution in [1.82, 2.24) is 0 Å². The van der Waals surface area contributed by atoms with Crippen LogP contribution in [-0.4, -0.2) is 47.8 Å². The monoisotopic (exact) mass is 418 g/mol. The molecule has 0 unspecified atom stereocenters. The van der Waals surface area contributed by atoms with E-state index in [-0.39, 0.29) is 29.6 Å². The van der Waals surface area contributed by atoms with Crippen molar-refractivity contribution in [2.75, 3.05) is 0 Å². The molecule has 0 heterocycles. The van der Waals surface area contributed by atoms with Crippen molar-refractivity contribution in [2.45, 2.75) is 116 Å². The molecule has 0 fully saturated rings. The number of rotatable bonds is 18. The summed E-state index contributed by atoms with van der Waals surface area (Å²) in [4.78, 5) is 0. The summed E-state index contributed by atoms with van der Waals surface area (Å²) in [5, 5.41) is 7.06. The summed E-state index contributed by atoms with van der Waals surface area (Å²) in [7, 11) is -4.61. The summed E-state index contributed by atoms with van der Waals surface area (Å²) >= 11 is 0. The van der Waals surface area contributed by atoms with Gasteiger partial charge >= 0.3 is 40.0 Å². The Kier molecular flexibility index (Phi) is 31.7. The first-order valence-corrected chi connectivity index (χ1v) is 11.8. The maximum atomic E-state index is 9.08. The molecule has 0 aromatic heterocycles. The van der Waals surface area contributed by atoms with Gasteiger partial charge in [0.25, 0.3) is 0 Å². The molecule has 0 aliphatic carbocycles. The van der Waals surface area contributed by atoms with Gasteiger partial charge in [-0.1, -0.05) is 114 Å². The van der Waals surface area contributed by atoms with Crippen LogP contribution in [0.1, 0.15) is 116 Å². The zero-order chi connectivity index (χ0) is 19.9. The van der Waals surface area contributed by atoms with E-state index >= 15 is 0 Å². The van der Waals surface area contributed by atoms with Crippen molar-refractivity contribution >= 4 is 40.0 Å². The van der Waals surface area contributed by atoms with Crippen molar-refractivity contribution in [3.63, 3.8) is 0 Å². The molecule has 0 atom stereocenters. The quantitative estimate of drug-likeness (QED) is 0.0667. The van der Waals surface area contributed by atoms with E-state index in [4.69, 9.17) is 18.2 Å². The molecule has 0 aliphatic rings. The van der Waals surface area contributed by atoms with Crippen LogP contribution < -0.4 is 0 Å². The van der Waals surface area contributed by atoms with E-state index in [2.05, 4.69) is 17.8 Å². The van der Waals surface area contributed by atoms with E-state index < -0.39 is 10.4 Å². The number of hydrogen-bond acceptors (Lipinski definition) is 4. The van der Waals surface area contributed by atoms with Crippen LogP contribution >= 0.6 is 0 Å². The van der Waals surface area contributed by atoms with Gasteiger partial charge in [0.15, 0.2) is 0 Å². The van der Waals surface area contributed by atoms with Crippen LogP contribution in [0.4, 0.5) is 0 Å². The summed E-state index contributed by atoms with van der Waals surface area (Å²) < 4.78 is 28.0. The van der Waals surface area contributed by atoms with Crippen LogP contribution in [0.15, 0.2) is 12.7 Å². The Balaban J connectivity index is -0.000000709. The molecule has 0 saturated heterocycles. The van der Waals surface area contributed by atoms with Gasteiger partial charge in [-0.2, -0.15) is 8.42 Å². The van der Waals surface area contributed by atoms with Gasteiger partial charge in [-0.3, -0.25) is 4.55 Å². The Hall–Kier alpha value is 0.570. The molecule has 0 bridgehead atoms. The Morgan fingerprint density at radius 3 is 1.22 bits per heavy atom. The molecule has 0 spiro atoms. The van der Waals surface area contributed by atoms with Crippen molar-refractivity contribution in [1.29, 1.82) is 0 Å². The zero-order valence-corrected chi connectivity index (χ0v) is 17.6. The van der Waals surface area contributed by atoms with E-state index in [1.165, 1.54) is 109 Å². The maximum absolute atomic E-state index is 9.08. The van der Waals surface area contributed by atoms with E-state index in [0.29, 0.717) is 0 Å². The van der Waals surface area contributed by atoms with E-state index in [9.17, 15) is 0 Å². The number of unbranched alkanes of at least 4 members (excludes halogenated alkanes) is 16. The molecular weight excluding hydrogens is 375 g/mol. The topological polar surface area (TPSA) is 83.8 Å². The number of allylic oxidation sites excluding steroid dienone is 1. The zero-order valence-electron chi connectivity index (χ0n) is 16.8. The normalized spacial score (nSPS) is 10.6. The van der Waals surface area contributed by atoms with E-state index in [1.807, 2.05) is 6.08 Å². The fourth-order valence-electron chi connectivity index (χ4n) is 2.84. The third kappa shape index (κ3) is 37.9. The van der Waals surface area contributed by atoms with E-state index in [1.54, 1.807) is 0 Å². The van der Waals surface area contributed by atoms with Crippen molar-refractivity contribution in [2.24, 2.45) is 0 Å². The van der Waals surface area contributed by atoms with Gasteiger partial charge in [0.1, 0.15) is 0 Å². The molecule has 0 aliphatic heterocycles. The molecule has 0 aromatic carbocycles. The predicted molar refractivity (Wildman–Crippen MR) is 117 cm³/mol. The molecule has 160 valence electrons. The Morgan fingerprint density at radius 1 is 0.741 bits per heavy atom. The summed E-state index contributed by atoms with van der Waals surface area (Å²) in [5.41, 5.74) is 0. The summed E-state index contributed by atoms with van der Waals surface area (Å²) in [5.74, 6) is 0. The first-order valence-electron chi connectivity index (χ1n) is 10.4. The van der Waals surface area contributed by atoms with Crippen LogP contribution in [0.25, 0.3) is 0 Å². The molecule has 0 saturated carbocycles. The average molecular weight is 419 g/mol. The molecule has 0 amide bonds. The summed E-state index contributed by atoms with van der Waals surface area (Å²) in [6.07, 6.45) is 26.4. The Bertz CT molecular complexity index is 375. The van der Waals surface area contributed by atoms with Crippen LogP contribution in [0, 0.1) is 0 Å². The molecule has 0 radical (unpaired) electrons. The minimum atomic E-state index is -4.61. The fraction of sp³-hybridized carbons (Fsp3) is 0.900. The number of hydrogen-bond donors (Lipinski definition) is 2. The van der Waals surface area contributed by atoms with Crippen molar-refractivity contribution in [3.8, 4) is 0 Å². The molecule has 27 heavy (non-hydrogen) atoms. The van der Waals surface area contributed by atoms with Crippen LogP contribution in [0.3, 0.4) is 0 Å². The standard InChI is InChI=1S/C20H40.Na.H2O5S.H/c1-3-5-7-9-11-13-15-17-19-20-18-16-14-12-10-8-6-4-2;;1-5-6(2,3)4;/h3H,1,4-20H2,2H3;;1H,(H,2,3,4);. The van der Waals surface area contributed by atoms with Gasteiger partial charge in [-0.25, -0.2) is 5.26 Å². The molecule has 2 N–H and O–H groups in total. The van der Waals surface area contributed by atoms with Gasteiger partial charge in [-0.15, -0.1) is 6.58 Å². The van der Waals surface area contributed by atoms with E-state index in [0.717, 1.165) is 0 Å². The Morgan fingerprint density at radius 2 is 1.00 bits per heavy atom. The second-order valence-electron chi connectivity index (χ2n) is 6.88.